The molecule has 0 N–H and O–H groups in total. The van der Waals surface area contributed by atoms with Gasteiger partial charge in [0.25, 0.3) is 0 Å². The molecule has 92 valence electrons. The maximum Gasteiger partial charge on any atom is 0.324 e. The Labute approximate surface area is 95.8 Å². The minimum absolute atomic E-state index is 0.248. The van der Waals surface area contributed by atoms with Crippen LogP contribution in [0, 0.1) is 0 Å². The van der Waals surface area contributed by atoms with Gasteiger partial charge in [0.15, 0.2) is 0 Å². The van der Waals surface area contributed by atoms with E-state index in [1.165, 1.54) is 4.31 Å². The second kappa shape index (κ2) is 4.33. The maximum atomic E-state index is 12.0. The van der Waals surface area contributed by atoms with E-state index in [-0.39, 0.29) is 5.25 Å². The van der Waals surface area contributed by atoms with Gasteiger partial charge in [-0.15, -0.1) is 0 Å². The van der Waals surface area contributed by atoms with Crippen LogP contribution in [-0.2, 0) is 19.6 Å². The summed E-state index contributed by atoms with van der Waals surface area (Å²) < 4.78 is 30.3. The fraction of sp³-hybridized carbons (Fsp3) is 0.900. The van der Waals surface area contributed by atoms with Crippen molar-refractivity contribution in [2.24, 2.45) is 0 Å². The predicted octanol–water partition coefficient (Wildman–Crippen LogP) is 0.506. The monoisotopic (exact) mass is 247 g/mol. The lowest BCUT2D eigenvalue weighted by molar-refractivity contribution is -0.146. The van der Waals surface area contributed by atoms with E-state index in [0.29, 0.717) is 19.6 Å². The Balaban J connectivity index is 2.11. The van der Waals surface area contributed by atoms with Crippen LogP contribution >= 0.6 is 0 Å². The van der Waals surface area contributed by atoms with Crippen LogP contribution in [0.4, 0.5) is 0 Å². The van der Waals surface area contributed by atoms with Crippen molar-refractivity contribution in [2.75, 3.05) is 13.2 Å². The van der Waals surface area contributed by atoms with Gasteiger partial charge >= 0.3 is 5.97 Å². The van der Waals surface area contributed by atoms with Crippen LogP contribution in [0.5, 0.6) is 0 Å². The highest BCUT2D eigenvalue weighted by Gasteiger charge is 2.46. The van der Waals surface area contributed by atoms with Gasteiger partial charge < -0.3 is 4.74 Å². The third-order valence-corrected chi connectivity index (χ3v) is 5.44. The average Bonchev–Trinajstić information content (AvgIpc) is 2.96. The maximum absolute atomic E-state index is 12.0. The molecule has 2 fully saturated rings. The van der Waals surface area contributed by atoms with Gasteiger partial charge in [0.2, 0.25) is 10.0 Å². The quantitative estimate of drug-likeness (QED) is 0.679. The van der Waals surface area contributed by atoms with Crippen molar-refractivity contribution in [2.45, 2.75) is 43.9 Å². The normalized spacial score (nSPS) is 26.9. The Morgan fingerprint density at radius 1 is 1.38 bits per heavy atom. The number of nitrogens with zero attached hydrogens (tertiary/aromatic N) is 1. The lowest BCUT2D eigenvalue weighted by atomic mass is 10.2. The smallest absolute Gasteiger partial charge is 0.324 e. The molecular weight excluding hydrogens is 230 g/mol. The molecule has 0 bridgehead atoms. The SMILES string of the molecule is CCOC(=O)[C@H]1CCCN1S(=O)(=O)C1CC1. The number of carbonyl (C=O) groups is 1. The van der Waals surface area contributed by atoms with E-state index in [2.05, 4.69) is 0 Å². The first-order chi connectivity index (χ1) is 7.57. The Bertz CT molecular complexity index is 374. The summed E-state index contributed by atoms with van der Waals surface area (Å²) in [6.07, 6.45) is 2.79. The number of hydrogen-bond donors (Lipinski definition) is 0. The summed E-state index contributed by atoms with van der Waals surface area (Å²) in [7, 11) is -3.25. The number of carbonyl (C=O) groups excluding carboxylic acids is 1. The summed E-state index contributed by atoms with van der Waals surface area (Å²) in [5, 5.41) is -0.248. The first-order valence-corrected chi connectivity index (χ1v) is 7.25. The molecule has 2 aliphatic rings. The molecule has 1 heterocycles. The Hall–Kier alpha value is -0.620. The first kappa shape index (κ1) is 11.9. The lowest BCUT2D eigenvalue weighted by Crippen LogP contribution is -2.42. The van der Waals surface area contributed by atoms with E-state index in [9.17, 15) is 13.2 Å². The molecule has 0 aromatic heterocycles. The van der Waals surface area contributed by atoms with E-state index in [4.69, 9.17) is 4.74 Å². The van der Waals surface area contributed by atoms with Crippen molar-refractivity contribution in [3.8, 4) is 0 Å². The van der Waals surface area contributed by atoms with Crippen LogP contribution < -0.4 is 0 Å². The summed E-state index contributed by atoms with van der Waals surface area (Å²) in [5.41, 5.74) is 0. The molecular formula is C10H17NO4S. The zero-order valence-electron chi connectivity index (χ0n) is 9.39. The Kier molecular flexibility index (Phi) is 3.21. The van der Waals surface area contributed by atoms with Crippen molar-refractivity contribution in [1.82, 2.24) is 4.31 Å². The van der Waals surface area contributed by atoms with E-state index >= 15 is 0 Å². The van der Waals surface area contributed by atoms with Crippen molar-refractivity contribution >= 4 is 16.0 Å². The number of hydrogen-bond acceptors (Lipinski definition) is 4. The molecule has 0 aromatic carbocycles. The molecule has 0 radical (unpaired) electrons. The third-order valence-electron chi connectivity index (χ3n) is 3.03. The summed E-state index contributed by atoms with van der Waals surface area (Å²) in [4.78, 5) is 11.6. The highest BCUT2D eigenvalue weighted by molar-refractivity contribution is 7.90. The molecule has 6 heteroatoms. The molecule has 5 nitrogen and oxygen atoms in total. The molecule has 1 saturated carbocycles. The number of esters is 1. The fourth-order valence-corrected chi connectivity index (χ4v) is 4.12. The molecule has 2 rings (SSSR count). The molecule has 1 saturated heterocycles. The summed E-state index contributed by atoms with van der Waals surface area (Å²) in [6.45, 7) is 2.49. The van der Waals surface area contributed by atoms with Crippen LogP contribution in [-0.4, -0.2) is 43.1 Å². The van der Waals surface area contributed by atoms with Gasteiger partial charge in [-0.3, -0.25) is 4.79 Å². The first-order valence-electron chi connectivity index (χ1n) is 5.74. The van der Waals surface area contributed by atoms with Crippen LogP contribution in [0.15, 0.2) is 0 Å². The zero-order chi connectivity index (χ0) is 11.8. The number of sulfonamides is 1. The predicted molar refractivity (Wildman–Crippen MR) is 58.3 cm³/mol. The molecule has 1 atom stereocenters. The van der Waals surface area contributed by atoms with Crippen LogP contribution in [0.1, 0.15) is 32.6 Å². The standard InChI is InChI=1S/C10H17NO4S/c1-2-15-10(12)9-4-3-7-11(9)16(13,14)8-5-6-8/h8-9H,2-7H2,1H3/t9-/m1/s1. The summed E-state index contributed by atoms with van der Waals surface area (Å²) in [6, 6.07) is -0.578. The minimum Gasteiger partial charge on any atom is -0.465 e. The van der Waals surface area contributed by atoms with Crippen LogP contribution in [0.2, 0.25) is 0 Å². The van der Waals surface area contributed by atoms with Gasteiger partial charge in [-0.2, -0.15) is 4.31 Å². The van der Waals surface area contributed by atoms with Gasteiger partial charge in [-0.25, -0.2) is 8.42 Å². The fourth-order valence-electron chi connectivity index (χ4n) is 2.08. The van der Waals surface area contributed by atoms with Crippen LogP contribution in [0.3, 0.4) is 0 Å². The van der Waals surface area contributed by atoms with Crippen LogP contribution in [0.25, 0.3) is 0 Å². The van der Waals surface area contributed by atoms with Crippen molar-refractivity contribution in [3.05, 3.63) is 0 Å². The van der Waals surface area contributed by atoms with Gasteiger partial charge in [0.05, 0.1) is 11.9 Å². The van der Waals surface area contributed by atoms with Gasteiger partial charge in [-0.05, 0) is 32.6 Å². The molecule has 1 aliphatic carbocycles. The topological polar surface area (TPSA) is 63.7 Å². The van der Waals surface area contributed by atoms with E-state index in [1.807, 2.05) is 0 Å². The minimum atomic E-state index is -3.25. The van der Waals surface area contributed by atoms with E-state index in [0.717, 1.165) is 19.3 Å². The lowest BCUT2D eigenvalue weighted by Gasteiger charge is -2.22. The molecule has 1 aliphatic heterocycles. The zero-order valence-corrected chi connectivity index (χ0v) is 10.2. The van der Waals surface area contributed by atoms with Gasteiger partial charge in [-0.1, -0.05) is 0 Å². The molecule has 0 amide bonds. The molecule has 0 aromatic rings. The van der Waals surface area contributed by atoms with Gasteiger partial charge in [0.1, 0.15) is 6.04 Å². The molecule has 0 unspecified atom stereocenters. The highest BCUT2D eigenvalue weighted by atomic mass is 32.2. The Morgan fingerprint density at radius 3 is 2.62 bits per heavy atom. The second-order valence-electron chi connectivity index (χ2n) is 4.27. The highest BCUT2D eigenvalue weighted by Crippen LogP contribution is 2.34. The second-order valence-corrected chi connectivity index (χ2v) is 6.43. The Morgan fingerprint density at radius 2 is 2.06 bits per heavy atom. The van der Waals surface area contributed by atoms with Gasteiger partial charge in [0, 0.05) is 6.54 Å². The summed E-state index contributed by atoms with van der Waals surface area (Å²) >= 11 is 0. The summed E-state index contributed by atoms with van der Waals surface area (Å²) in [5.74, 6) is -0.399. The van der Waals surface area contributed by atoms with Crippen molar-refractivity contribution in [3.63, 3.8) is 0 Å². The van der Waals surface area contributed by atoms with E-state index in [1.54, 1.807) is 6.92 Å². The average molecular weight is 247 g/mol. The largest absolute Gasteiger partial charge is 0.465 e. The third kappa shape index (κ3) is 2.08. The van der Waals surface area contributed by atoms with E-state index < -0.39 is 22.0 Å². The number of rotatable bonds is 4. The molecule has 16 heavy (non-hydrogen) atoms. The van der Waals surface area contributed by atoms with Crippen molar-refractivity contribution in [1.29, 1.82) is 0 Å². The number of ether oxygens (including phenoxy) is 1. The molecule has 0 spiro atoms. The van der Waals surface area contributed by atoms with Crippen molar-refractivity contribution < 1.29 is 17.9 Å².